The highest BCUT2D eigenvalue weighted by Crippen LogP contribution is 2.37. The molecule has 0 saturated carbocycles. The average molecular weight is 348 g/mol. The molecule has 1 aromatic heterocycles. The molecule has 1 atom stereocenters. The van der Waals surface area contributed by atoms with Gasteiger partial charge in [0.1, 0.15) is 0 Å². The number of hydrogen-bond donors (Lipinski definition) is 2. The third-order valence-electron chi connectivity index (χ3n) is 4.76. The van der Waals surface area contributed by atoms with Crippen molar-refractivity contribution in [1.29, 1.82) is 0 Å². The van der Waals surface area contributed by atoms with Crippen molar-refractivity contribution >= 4 is 11.9 Å². The second-order valence-corrected chi connectivity index (χ2v) is 6.22. The minimum atomic E-state index is -1.39. The van der Waals surface area contributed by atoms with Crippen LogP contribution in [0, 0.1) is 0 Å². The number of amides is 1. The monoisotopic (exact) mass is 348 g/mol. The Morgan fingerprint density at radius 3 is 2.58 bits per heavy atom. The quantitative estimate of drug-likeness (QED) is 0.751. The first kappa shape index (κ1) is 16.0. The van der Waals surface area contributed by atoms with Gasteiger partial charge >= 0.3 is 5.97 Å². The minimum Gasteiger partial charge on any atom is -0.479 e. The van der Waals surface area contributed by atoms with Gasteiger partial charge in [0.15, 0.2) is 5.54 Å². The van der Waals surface area contributed by atoms with Crippen LogP contribution in [-0.4, -0.2) is 32.0 Å². The molecule has 1 unspecified atom stereocenters. The molecule has 1 aliphatic carbocycles. The lowest BCUT2D eigenvalue weighted by atomic mass is 9.91. The third kappa shape index (κ3) is 2.54. The van der Waals surface area contributed by atoms with E-state index < -0.39 is 17.4 Å². The smallest absolute Gasteiger partial charge is 0.334 e. The SMILES string of the molecule is O=C(NC1(C(=O)O)CCc2ccccc21)c1ccc(-n2ccnn2)cc1. The first-order valence-electron chi connectivity index (χ1n) is 8.21. The summed E-state index contributed by atoms with van der Waals surface area (Å²) < 4.78 is 1.58. The number of fused-ring (bicyclic) bond motifs is 1. The number of carboxylic acids is 1. The Hall–Kier alpha value is -3.48. The Morgan fingerprint density at radius 1 is 1.12 bits per heavy atom. The number of carbonyl (C=O) groups is 2. The van der Waals surface area contributed by atoms with E-state index in [2.05, 4.69) is 15.6 Å². The Morgan fingerprint density at radius 2 is 1.88 bits per heavy atom. The molecular weight excluding hydrogens is 332 g/mol. The number of nitrogens with zero attached hydrogens (tertiary/aromatic N) is 3. The van der Waals surface area contributed by atoms with Crippen molar-refractivity contribution in [1.82, 2.24) is 20.3 Å². The molecule has 1 aliphatic rings. The van der Waals surface area contributed by atoms with Crippen LogP contribution in [0.4, 0.5) is 0 Å². The van der Waals surface area contributed by atoms with Crippen LogP contribution in [0.15, 0.2) is 60.9 Å². The largest absolute Gasteiger partial charge is 0.479 e. The number of aliphatic carboxylic acids is 1. The molecule has 0 spiro atoms. The van der Waals surface area contributed by atoms with Gasteiger partial charge in [-0.2, -0.15) is 0 Å². The van der Waals surface area contributed by atoms with Crippen LogP contribution in [-0.2, 0) is 16.8 Å². The lowest BCUT2D eigenvalue weighted by molar-refractivity contribution is -0.144. The molecule has 0 fully saturated rings. The number of rotatable bonds is 4. The maximum atomic E-state index is 12.7. The van der Waals surface area contributed by atoms with Crippen LogP contribution in [0.3, 0.4) is 0 Å². The summed E-state index contributed by atoms with van der Waals surface area (Å²) >= 11 is 0. The molecule has 2 N–H and O–H groups in total. The van der Waals surface area contributed by atoms with Crippen molar-refractivity contribution in [2.45, 2.75) is 18.4 Å². The third-order valence-corrected chi connectivity index (χ3v) is 4.76. The van der Waals surface area contributed by atoms with E-state index in [1.165, 1.54) is 0 Å². The van der Waals surface area contributed by atoms with E-state index in [1.807, 2.05) is 12.1 Å². The molecule has 130 valence electrons. The van der Waals surface area contributed by atoms with Crippen LogP contribution in [0.1, 0.15) is 27.9 Å². The van der Waals surface area contributed by atoms with Crippen LogP contribution in [0.5, 0.6) is 0 Å². The normalized spacial score (nSPS) is 18.3. The predicted molar refractivity (Wildman–Crippen MR) is 92.9 cm³/mol. The Labute approximate surface area is 149 Å². The minimum absolute atomic E-state index is 0.338. The molecule has 4 rings (SSSR count). The van der Waals surface area contributed by atoms with Gasteiger partial charge in [-0.25, -0.2) is 9.48 Å². The van der Waals surface area contributed by atoms with Crippen molar-refractivity contribution in [2.75, 3.05) is 0 Å². The average Bonchev–Trinajstić information content (AvgIpc) is 3.31. The van der Waals surface area contributed by atoms with Gasteiger partial charge in [0.05, 0.1) is 18.1 Å². The zero-order chi connectivity index (χ0) is 18.1. The summed E-state index contributed by atoms with van der Waals surface area (Å²) in [7, 11) is 0. The lowest BCUT2D eigenvalue weighted by Gasteiger charge is -2.27. The Kier molecular flexibility index (Phi) is 3.76. The van der Waals surface area contributed by atoms with Gasteiger partial charge in [-0.15, -0.1) is 5.10 Å². The molecule has 1 amide bonds. The van der Waals surface area contributed by atoms with E-state index >= 15 is 0 Å². The fourth-order valence-electron chi connectivity index (χ4n) is 3.39. The van der Waals surface area contributed by atoms with E-state index in [1.54, 1.807) is 53.5 Å². The zero-order valence-electron chi connectivity index (χ0n) is 13.8. The Bertz CT molecular complexity index is 967. The number of hydrogen-bond acceptors (Lipinski definition) is 4. The second kappa shape index (κ2) is 6.11. The summed E-state index contributed by atoms with van der Waals surface area (Å²) in [4.78, 5) is 24.7. The summed E-state index contributed by atoms with van der Waals surface area (Å²) in [6, 6.07) is 14.1. The van der Waals surface area contributed by atoms with E-state index in [0.29, 0.717) is 24.0 Å². The molecule has 0 bridgehead atoms. The maximum absolute atomic E-state index is 12.7. The fourth-order valence-corrected chi connectivity index (χ4v) is 3.39. The number of benzene rings is 2. The number of carboxylic acid groups (broad SMARTS) is 1. The van der Waals surface area contributed by atoms with Crippen LogP contribution >= 0.6 is 0 Å². The molecule has 3 aromatic rings. The van der Waals surface area contributed by atoms with E-state index in [-0.39, 0.29) is 0 Å². The molecule has 7 heteroatoms. The first-order chi connectivity index (χ1) is 12.6. The van der Waals surface area contributed by atoms with Gasteiger partial charge in [0.25, 0.3) is 5.91 Å². The van der Waals surface area contributed by atoms with Gasteiger partial charge in [-0.05, 0) is 48.2 Å². The van der Waals surface area contributed by atoms with Crippen molar-refractivity contribution in [2.24, 2.45) is 0 Å². The molecule has 26 heavy (non-hydrogen) atoms. The van der Waals surface area contributed by atoms with Gasteiger partial charge in [0.2, 0.25) is 0 Å². The van der Waals surface area contributed by atoms with Crippen molar-refractivity contribution in [3.63, 3.8) is 0 Å². The lowest BCUT2D eigenvalue weighted by Crippen LogP contribution is -2.50. The molecule has 0 aliphatic heterocycles. The van der Waals surface area contributed by atoms with Crippen molar-refractivity contribution in [3.05, 3.63) is 77.6 Å². The van der Waals surface area contributed by atoms with Crippen LogP contribution < -0.4 is 5.32 Å². The number of carbonyl (C=O) groups excluding carboxylic acids is 1. The standard InChI is InChI=1S/C19H16N4O3/c24-17(14-5-7-15(8-6-14)23-12-11-20-22-23)21-19(18(25)26)10-9-13-3-1-2-4-16(13)19/h1-8,11-12H,9-10H2,(H,21,24)(H,25,26). The van der Waals surface area contributed by atoms with Crippen LogP contribution in [0.2, 0.25) is 0 Å². The summed E-state index contributed by atoms with van der Waals surface area (Å²) in [5.74, 6) is -1.47. The van der Waals surface area contributed by atoms with Gasteiger partial charge < -0.3 is 10.4 Å². The molecule has 0 radical (unpaired) electrons. The van der Waals surface area contributed by atoms with Crippen molar-refractivity contribution < 1.29 is 14.7 Å². The molecule has 1 heterocycles. The summed E-state index contributed by atoms with van der Waals surface area (Å²) in [6.07, 6.45) is 4.22. The Balaban J connectivity index is 1.62. The molecule has 0 saturated heterocycles. The summed E-state index contributed by atoms with van der Waals surface area (Å²) in [5, 5.41) is 20.2. The molecular formula is C19H16N4O3. The van der Waals surface area contributed by atoms with Gasteiger partial charge in [-0.3, -0.25) is 4.79 Å². The van der Waals surface area contributed by atoms with E-state index in [9.17, 15) is 14.7 Å². The number of aryl methyl sites for hydroxylation is 1. The maximum Gasteiger partial charge on any atom is 0.334 e. The van der Waals surface area contributed by atoms with Crippen molar-refractivity contribution in [3.8, 4) is 5.69 Å². The van der Waals surface area contributed by atoms with E-state index in [4.69, 9.17) is 0 Å². The van der Waals surface area contributed by atoms with E-state index in [0.717, 1.165) is 11.3 Å². The highest BCUT2D eigenvalue weighted by molar-refractivity contribution is 5.98. The second-order valence-electron chi connectivity index (χ2n) is 6.22. The predicted octanol–water partition coefficient (Wildman–Crippen LogP) is 1.92. The van der Waals surface area contributed by atoms with Gasteiger partial charge in [-0.1, -0.05) is 29.5 Å². The molecule has 7 nitrogen and oxygen atoms in total. The highest BCUT2D eigenvalue weighted by Gasteiger charge is 2.46. The van der Waals surface area contributed by atoms with Gasteiger partial charge in [0, 0.05) is 5.56 Å². The van der Waals surface area contributed by atoms with Crippen LogP contribution in [0.25, 0.3) is 5.69 Å². The first-order valence-corrected chi connectivity index (χ1v) is 8.21. The number of aromatic nitrogens is 3. The molecule has 2 aromatic carbocycles. The summed E-state index contributed by atoms with van der Waals surface area (Å²) in [6.45, 7) is 0. The highest BCUT2D eigenvalue weighted by atomic mass is 16.4. The summed E-state index contributed by atoms with van der Waals surface area (Å²) in [5.41, 5.74) is 1.37. The fraction of sp³-hybridized carbons (Fsp3) is 0.158. The zero-order valence-corrected chi connectivity index (χ0v) is 13.8. The topological polar surface area (TPSA) is 97.1 Å². The number of nitrogens with one attached hydrogen (secondary N) is 1.